The van der Waals surface area contributed by atoms with Gasteiger partial charge in [-0.2, -0.15) is 0 Å². The van der Waals surface area contributed by atoms with Crippen molar-refractivity contribution in [2.75, 3.05) is 6.61 Å². The summed E-state index contributed by atoms with van der Waals surface area (Å²) in [6.07, 6.45) is 4.19. The molecule has 0 unspecified atom stereocenters. The van der Waals surface area contributed by atoms with Crippen molar-refractivity contribution in [3.8, 4) is 0 Å². The summed E-state index contributed by atoms with van der Waals surface area (Å²) in [5.74, 6) is 0. The topological polar surface area (TPSA) is 20.2 Å². The largest absolute Gasteiger partial charge is 0.392 e. The summed E-state index contributed by atoms with van der Waals surface area (Å²) in [6.45, 7) is 0.171. The van der Waals surface area contributed by atoms with Crippen molar-refractivity contribution in [1.82, 2.24) is 0 Å². The first kappa shape index (κ1) is 7.07. The van der Waals surface area contributed by atoms with E-state index in [1.807, 2.05) is 17.4 Å². The highest BCUT2D eigenvalue weighted by Crippen LogP contribution is 2.35. The Labute approximate surface area is 70.0 Å². The number of aliphatic hydroxyl groups excluding tert-OH is 1. The standard InChI is InChI=1S/C9H10OS/c10-5-3-7-1-2-9-8(7)4-6-11-9/h3-4,6,10H,1-2,5H2/b7-3+. The lowest BCUT2D eigenvalue weighted by Crippen LogP contribution is -1.78. The molecule has 0 atom stereocenters. The van der Waals surface area contributed by atoms with Gasteiger partial charge >= 0.3 is 0 Å². The molecular weight excluding hydrogens is 156 g/mol. The van der Waals surface area contributed by atoms with Gasteiger partial charge in [-0.05, 0) is 35.4 Å². The first-order chi connectivity index (χ1) is 5.42. The minimum Gasteiger partial charge on any atom is -0.392 e. The summed E-state index contributed by atoms with van der Waals surface area (Å²) in [7, 11) is 0. The van der Waals surface area contributed by atoms with Crippen LogP contribution in [-0.2, 0) is 6.42 Å². The third-order valence-corrected chi connectivity index (χ3v) is 3.03. The highest BCUT2D eigenvalue weighted by Gasteiger charge is 2.15. The van der Waals surface area contributed by atoms with Gasteiger partial charge in [0.1, 0.15) is 0 Å². The minimum atomic E-state index is 0.171. The fourth-order valence-electron chi connectivity index (χ4n) is 1.53. The molecule has 1 aromatic heterocycles. The lowest BCUT2D eigenvalue weighted by Gasteiger charge is -1.92. The van der Waals surface area contributed by atoms with Gasteiger partial charge < -0.3 is 5.11 Å². The molecule has 0 bridgehead atoms. The number of rotatable bonds is 1. The number of hydrogen-bond donors (Lipinski definition) is 1. The molecule has 1 aromatic rings. The van der Waals surface area contributed by atoms with Gasteiger partial charge in [0.2, 0.25) is 0 Å². The Bertz CT molecular complexity index is 286. The molecule has 0 fully saturated rings. The van der Waals surface area contributed by atoms with Crippen LogP contribution in [0.15, 0.2) is 17.5 Å². The maximum atomic E-state index is 8.72. The third kappa shape index (κ3) is 1.12. The average Bonchev–Trinajstić information content (AvgIpc) is 2.53. The van der Waals surface area contributed by atoms with E-state index in [1.54, 1.807) is 0 Å². The van der Waals surface area contributed by atoms with Crippen LogP contribution < -0.4 is 0 Å². The van der Waals surface area contributed by atoms with E-state index in [1.165, 1.54) is 22.4 Å². The van der Waals surface area contributed by atoms with E-state index < -0.39 is 0 Å². The summed E-state index contributed by atoms with van der Waals surface area (Å²) >= 11 is 1.82. The molecule has 0 aliphatic heterocycles. The van der Waals surface area contributed by atoms with Crippen molar-refractivity contribution in [1.29, 1.82) is 0 Å². The number of aliphatic hydroxyl groups is 1. The monoisotopic (exact) mass is 166 g/mol. The van der Waals surface area contributed by atoms with Gasteiger partial charge in [0.25, 0.3) is 0 Å². The molecule has 58 valence electrons. The van der Waals surface area contributed by atoms with Gasteiger partial charge in [0.15, 0.2) is 0 Å². The molecular formula is C9H10OS. The van der Waals surface area contributed by atoms with Crippen LogP contribution in [0, 0.1) is 0 Å². The van der Waals surface area contributed by atoms with Gasteiger partial charge in [-0.3, -0.25) is 0 Å². The van der Waals surface area contributed by atoms with Crippen LogP contribution in [-0.4, -0.2) is 11.7 Å². The van der Waals surface area contributed by atoms with Crippen molar-refractivity contribution in [2.24, 2.45) is 0 Å². The molecule has 2 heteroatoms. The normalized spacial score (nSPS) is 19.2. The lowest BCUT2D eigenvalue weighted by atomic mass is 10.1. The van der Waals surface area contributed by atoms with Crippen molar-refractivity contribution in [3.63, 3.8) is 0 Å². The zero-order valence-electron chi connectivity index (χ0n) is 6.21. The summed E-state index contributed by atoms with van der Waals surface area (Å²) in [5.41, 5.74) is 2.69. The van der Waals surface area contributed by atoms with Crippen LogP contribution in [0.2, 0.25) is 0 Å². The van der Waals surface area contributed by atoms with Gasteiger partial charge in [-0.25, -0.2) is 0 Å². The fraction of sp³-hybridized carbons (Fsp3) is 0.333. The van der Waals surface area contributed by atoms with Gasteiger partial charge in [-0.15, -0.1) is 11.3 Å². The number of allylic oxidation sites excluding steroid dienone is 1. The molecule has 0 amide bonds. The predicted octanol–water partition coefficient (Wildman–Crippen LogP) is 2.07. The van der Waals surface area contributed by atoms with Crippen LogP contribution in [0.5, 0.6) is 0 Å². The first-order valence-electron chi connectivity index (χ1n) is 3.78. The molecule has 11 heavy (non-hydrogen) atoms. The molecule has 1 heterocycles. The molecule has 1 aliphatic rings. The van der Waals surface area contributed by atoms with Crippen LogP contribution in [0.1, 0.15) is 16.9 Å². The van der Waals surface area contributed by atoms with Crippen molar-refractivity contribution >= 4 is 16.9 Å². The Morgan fingerprint density at radius 3 is 3.27 bits per heavy atom. The molecule has 1 aliphatic carbocycles. The highest BCUT2D eigenvalue weighted by atomic mass is 32.1. The van der Waals surface area contributed by atoms with E-state index in [0.29, 0.717) is 0 Å². The SMILES string of the molecule is OC/C=C1\CCc2sccc21. The number of hydrogen-bond acceptors (Lipinski definition) is 2. The Balaban J connectivity index is 2.38. The molecule has 2 rings (SSSR count). The smallest absolute Gasteiger partial charge is 0.0618 e. The molecule has 1 N–H and O–H groups in total. The Kier molecular flexibility index (Phi) is 1.80. The van der Waals surface area contributed by atoms with Crippen LogP contribution in [0.3, 0.4) is 0 Å². The summed E-state index contributed by atoms with van der Waals surface area (Å²) < 4.78 is 0. The van der Waals surface area contributed by atoms with E-state index in [0.717, 1.165) is 6.42 Å². The molecule has 0 saturated heterocycles. The van der Waals surface area contributed by atoms with E-state index >= 15 is 0 Å². The van der Waals surface area contributed by atoms with E-state index in [4.69, 9.17) is 5.11 Å². The number of thiophene rings is 1. The average molecular weight is 166 g/mol. The Morgan fingerprint density at radius 1 is 1.55 bits per heavy atom. The van der Waals surface area contributed by atoms with Crippen LogP contribution in [0.4, 0.5) is 0 Å². The summed E-state index contributed by atoms with van der Waals surface area (Å²) in [4.78, 5) is 1.48. The zero-order chi connectivity index (χ0) is 7.68. The second kappa shape index (κ2) is 2.80. The van der Waals surface area contributed by atoms with Crippen LogP contribution in [0.25, 0.3) is 5.57 Å². The first-order valence-corrected chi connectivity index (χ1v) is 4.66. The quantitative estimate of drug-likeness (QED) is 0.677. The molecule has 0 aromatic carbocycles. The van der Waals surface area contributed by atoms with Crippen molar-refractivity contribution in [3.05, 3.63) is 28.0 Å². The van der Waals surface area contributed by atoms with E-state index in [2.05, 4.69) is 11.4 Å². The maximum Gasteiger partial charge on any atom is 0.0618 e. The fourth-order valence-corrected chi connectivity index (χ4v) is 2.44. The molecule has 0 spiro atoms. The van der Waals surface area contributed by atoms with Crippen molar-refractivity contribution < 1.29 is 5.11 Å². The second-order valence-electron chi connectivity index (χ2n) is 2.67. The maximum absolute atomic E-state index is 8.72. The van der Waals surface area contributed by atoms with E-state index in [9.17, 15) is 0 Å². The molecule has 1 nitrogen and oxygen atoms in total. The van der Waals surface area contributed by atoms with Crippen LogP contribution >= 0.6 is 11.3 Å². The van der Waals surface area contributed by atoms with Gasteiger partial charge in [-0.1, -0.05) is 6.08 Å². The lowest BCUT2D eigenvalue weighted by molar-refractivity contribution is 0.343. The van der Waals surface area contributed by atoms with E-state index in [-0.39, 0.29) is 6.61 Å². The summed E-state index contributed by atoms with van der Waals surface area (Å²) in [6, 6.07) is 2.15. The predicted molar refractivity (Wildman–Crippen MR) is 47.7 cm³/mol. The highest BCUT2D eigenvalue weighted by molar-refractivity contribution is 7.10. The van der Waals surface area contributed by atoms with Crippen molar-refractivity contribution in [2.45, 2.75) is 12.8 Å². The third-order valence-electron chi connectivity index (χ3n) is 2.05. The van der Waals surface area contributed by atoms with Gasteiger partial charge in [0.05, 0.1) is 6.61 Å². The molecule has 0 radical (unpaired) electrons. The Morgan fingerprint density at radius 2 is 2.45 bits per heavy atom. The minimum absolute atomic E-state index is 0.171. The van der Waals surface area contributed by atoms with Gasteiger partial charge in [0, 0.05) is 4.88 Å². The summed E-state index contributed by atoms with van der Waals surface area (Å²) in [5, 5.41) is 10.8. The number of aryl methyl sites for hydroxylation is 1. The molecule has 0 saturated carbocycles. The number of fused-ring (bicyclic) bond motifs is 1. The second-order valence-corrected chi connectivity index (χ2v) is 3.67. The Hall–Kier alpha value is -0.600. The zero-order valence-corrected chi connectivity index (χ0v) is 7.03.